The van der Waals surface area contributed by atoms with Crippen LogP contribution >= 0.6 is 11.8 Å². The number of nitrogens with one attached hydrogen (secondary N) is 1. The third kappa shape index (κ3) is 5.73. The van der Waals surface area contributed by atoms with Crippen molar-refractivity contribution in [2.75, 3.05) is 26.6 Å². The number of esters is 1. The van der Waals surface area contributed by atoms with Gasteiger partial charge < -0.3 is 19.5 Å². The number of amides is 1. The minimum absolute atomic E-state index is 0.00520. The fraction of sp³-hybridized carbons (Fsp3) is 0.154. The summed E-state index contributed by atoms with van der Waals surface area (Å²) in [5, 5.41) is 14.3. The highest BCUT2D eigenvalue weighted by atomic mass is 32.2. The van der Waals surface area contributed by atoms with Gasteiger partial charge in [0.05, 0.1) is 64.2 Å². The minimum Gasteiger partial charge on any atom is -0.496 e. The molecule has 202 valence electrons. The zero-order valence-corrected chi connectivity index (χ0v) is 22.6. The maximum atomic E-state index is 13.4. The molecule has 0 spiro atoms. The molecule has 4 rings (SSSR count). The Labute approximate surface area is 227 Å². The maximum absolute atomic E-state index is 13.4. The Morgan fingerprint density at radius 1 is 1.05 bits per heavy atom. The summed E-state index contributed by atoms with van der Waals surface area (Å²) in [4.78, 5) is 36.0. The third-order valence-corrected chi connectivity index (χ3v) is 8.52. The monoisotopic (exact) mass is 570 g/mol. The lowest BCUT2D eigenvalue weighted by molar-refractivity contribution is -0.385. The molecule has 0 fully saturated rings. The first-order valence-electron chi connectivity index (χ1n) is 11.2. The van der Waals surface area contributed by atoms with Crippen molar-refractivity contribution in [3.8, 4) is 11.5 Å². The lowest BCUT2D eigenvalue weighted by Crippen LogP contribution is -2.18. The lowest BCUT2D eigenvalue weighted by Gasteiger charge is -2.20. The standard InChI is InChI=1S/C26H22N2O9S2/c1-35-21-5-4-6-22(36-2)18(21)14-39(33,34)17-9-10-19-23(13-17)38-24(25(29)27-19)12-15-7-8-16(26(30)37-3)11-20(15)28(31)32/h4-13H,14H2,1-3H3,(H,27,29)/b24-12-. The number of thioether (sulfide) groups is 1. The van der Waals surface area contributed by atoms with Gasteiger partial charge in [-0.3, -0.25) is 14.9 Å². The van der Waals surface area contributed by atoms with Crippen LogP contribution in [0.1, 0.15) is 21.5 Å². The quantitative estimate of drug-likeness (QED) is 0.178. The van der Waals surface area contributed by atoms with Crippen LogP contribution in [-0.4, -0.2) is 46.5 Å². The molecule has 3 aromatic carbocycles. The van der Waals surface area contributed by atoms with E-state index in [4.69, 9.17) is 9.47 Å². The first kappa shape index (κ1) is 27.7. The Hall–Kier alpha value is -4.36. The third-order valence-electron chi connectivity index (χ3n) is 5.80. The number of hydrogen-bond acceptors (Lipinski definition) is 10. The number of ether oxygens (including phenoxy) is 3. The Morgan fingerprint density at radius 3 is 2.36 bits per heavy atom. The summed E-state index contributed by atoms with van der Waals surface area (Å²) < 4.78 is 42.0. The summed E-state index contributed by atoms with van der Waals surface area (Å²) in [6.45, 7) is 0. The van der Waals surface area contributed by atoms with Crippen molar-refractivity contribution in [2.45, 2.75) is 15.5 Å². The topological polar surface area (TPSA) is 151 Å². The van der Waals surface area contributed by atoms with Crippen molar-refractivity contribution >= 4 is 50.9 Å². The van der Waals surface area contributed by atoms with Gasteiger partial charge in [-0.15, -0.1) is 0 Å². The van der Waals surface area contributed by atoms with Gasteiger partial charge in [-0.05, 0) is 48.5 Å². The Bertz CT molecular complexity index is 1610. The number of rotatable bonds is 8. The van der Waals surface area contributed by atoms with Crippen LogP contribution in [0.2, 0.25) is 0 Å². The summed E-state index contributed by atoms with van der Waals surface area (Å²) in [6, 6.07) is 13.0. The molecule has 0 aliphatic carbocycles. The van der Waals surface area contributed by atoms with Crippen molar-refractivity contribution in [3.05, 3.63) is 86.3 Å². The zero-order valence-electron chi connectivity index (χ0n) is 20.9. The van der Waals surface area contributed by atoms with Crippen LogP contribution in [0.25, 0.3) is 6.08 Å². The van der Waals surface area contributed by atoms with Gasteiger partial charge in [0.25, 0.3) is 11.6 Å². The van der Waals surface area contributed by atoms with E-state index in [1.807, 2.05) is 0 Å². The second-order valence-electron chi connectivity index (χ2n) is 8.15. The molecular weight excluding hydrogens is 548 g/mol. The number of anilines is 1. The smallest absolute Gasteiger partial charge is 0.338 e. The van der Waals surface area contributed by atoms with Gasteiger partial charge in [-0.25, -0.2) is 13.2 Å². The largest absolute Gasteiger partial charge is 0.496 e. The molecule has 39 heavy (non-hydrogen) atoms. The second kappa shape index (κ2) is 11.2. The highest BCUT2D eigenvalue weighted by Crippen LogP contribution is 2.41. The number of nitro groups is 1. The molecule has 1 aliphatic heterocycles. The van der Waals surface area contributed by atoms with E-state index in [2.05, 4.69) is 10.1 Å². The fourth-order valence-corrected chi connectivity index (χ4v) is 6.34. The number of benzene rings is 3. The normalized spacial score (nSPS) is 13.8. The van der Waals surface area contributed by atoms with Crippen LogP contribution in [0.15, 0.2) is 69.3 Å². The summed E-state index contributed by atoms with van der Waals surface area (Å²) >= 11 is 0.968. The molecule has 0 saturated heterocycles. The van der Waals surface area contributed by atoms with E-state index in [0.29, 0.717) is 27.6 Å². The number of methoxy groups -OCH3 is 3. The van der Waals surface area contributed by atoms with Crippen LogP contribution in [-0.2, 0) is 25.1 Å². The Morgan fingerprint density at radius 2 is 1.74 bits per heavy atom. The molecule has 1 N–H and O–H groups in total. The number of nitro benzene ring substituents is 1. The predicted octanol–water partition coefficient (Wildman–Crippen LogP) is 4.46. The van der Waals surface area contributed by atoms with Crippen LogP contribution in [0.5, 0.6) is 11.5 Å². The van der Waals surface area contributed by atoms with E-state index in [1.54, 1.807) is 18.2 Å². The summed E-state index contributed by atoms with van der Waals surface area (Å²) in [5.41, 5.74) is 0.433. The molecule has 0 unspecified atom stereocenters. The van der Waals surface area contributed by atoms with Crippen LogP contribution in [0.3, 0.4) is 0 Å². The van der Waals surface area contributed by atoms with Crippen molar-refractivity contribution in [3.63, 3.8) is 0 Å². The van der Waals surface area contributed by atoms with Gasteiger partial charge in [0, 0.05) is 11.0 Å². The maximum Gasteiger partial charge on any atom is 0.338 e. The van der Waals surface area contributed by atoms with E-state index in [-0.39, 0.29) is 20.9 Å². The zero-order chi connectivity index (χ0) is 28.3. The van der Waals surface area contributed by atoms with Gasteiger partial charge in [0.15, 0.2) is 9.84 Å². The molecule has 0 atom stereocenters. The van der Waals surface area contributed by atoms with Crippen molar-refractivity contribution in [1.82, 2.24) is 0 Å². The van der Waals surface area contributed by atoms with Crippen LogP contribution in [0.4, 0.5) is 11.4 Å². The minimum atomic E-state index is -3.87. The molecule has 0 aromatic heterocycles. The van der Waals surface area contributed by atoms with E-state index in [1.165, 1.54) is 50.6 Å². The molecule has 0 radical (unpaired) electrons. The first-order chi connectivity index (χ1) is 18.6. The second-order valence-corrected chi connectivity index (χ2v) is 11.2. The number of carbonyl (C=O) groups excluding carboxylic acids is 2. The number of carbonyl (C=O) groups is 2. The van der Waals surface area contributed by atoms with E-state index >= 15 is 0 Å². The average Bonchev–Trinajstić information content (AvgIpc) is 2.92. The number of hydrogen-bond donors (Lipinski definition) is 1. The number of nitrogens with zero attached hydrogens (tertiary/aromatic N) is 1. The van der Waals surface area contributed by atoms with E-state index in [9.17, 15) is 28.1 Å². The highest BCUT2D eigenvalue weighted by Gasteiger charge is 2.27. The summed E-state index contributed by atoms with van der Waals surface area (Å²) in [5.74, 6) is -0.925. The summed E-state index contributed by atoms with van der Waals surface area (Å²) in [6.07, 6.45) is 1.31. The molecule has 0 bridgehead atoms. The Kier molecular flexibility index (Phi) is 7.93. The van der Waals surface area contributed by atoms with Gasteiger partial charge >= 0.3 is 5.97 Å². The van der Waals surface area contributed by atoms with Crippen molar-refractivity contribution in [1.29, 1.82) is 0 Å². The molecule has 13 heteroatoms. The first-order valence-corrected chi connectivity index (χ1v) is 13.7. The highest BCUT2D eigenvalue weighted by molar-refractivity contribution is 8.04. The average molecular weight is 571 g/mol. The van der Waals surface area contributed by atoms with Gasteiger partial charge in [0.1, 0.15) is 11.5 Å². The lowest BCUT2D eigenvalue weighted by atomic mass is 10.1. The summed E-state index contributed by atoms with van der Waals surface area (Å²) in [7, 11) is 0.154. The number of fused-ring (bicyclic) bond motifs is 1. The van der Waals surface area contributed by atoms with Crippen LogP contribution in [0, 0.1) is 10.1 Å². The number of sulfone groups is 1. The van der Waals surface area contributed by atoms with Crippen molar-refractivity contribution in [2.24, 2.45) is 0 Å². The molecule has 1 heterocycles. The Balaban J connectivity index is 1.69. The molecule has 3 aromatic rings. The fourth-order valence-electron chi connectivity index (χ4n) is 3.88. The van der Waals surface area contributed by atoms with Gasteiger partial charge in [-0.1, -0.05) is 17.8 Å². The molecular formula is C26H22N2O9S2. The molecule has 1 aliphatic rings. The predicted molar refractivity (Wildman–Crippen MR) is 144 cm³/mol. The van der Waals surface area contributed by atoms with Crippen LogP contribution < -0.4 is 14.8 Å². The van der Waals surface area contributed by atoms with Gasteiger partial charge in [-0.2, -0.15) is 0 Å². The van der Waals surface area contributed by atoms with Crippen molar-refractivity contribution < 1.29 is 37.1 Å². The molecule has 0 saturated carbocycles. The van der Waals surface area contributed by atoms with E-state index in [0.717, 1.165) is 24.9 Å². The van der Waals surface area contributed by atoms with Gasteiger partial charge in [0.2, 0.25) is 0 Å². The SMILES string of the molecule is COC(=O)c1ccc(/C=C2\Sc3cc(S(=O)(=O)Cc4c(OC)cccc4OC)ccc3NC2=O)c([N+](=O)[O-])c1. The molecule has 11 nitrogen and oxygen atoms in total. The molecule has 1 amide bonds. The van der Waals surface area contributed by atoms with E-state index < -0.39 is 38.1 Å².